The molecule has 6 nitrogen and oxygen atoms in total. The molecule has 0 spiro atoms. The van der Waals surface area contributed by atoms with Crippen molar-refractivity contribution >= 4 is 22.9 Å². The van der Waals surface area contributed by atoms with Crippen LogP contribution < -0.4 is 5.32 Å². The predicted octanol–water partition coefficient (Wildman–Crippen LogP) is 3.33. The molecule has 4 rings (SSSR count). The van der Waals surface area contributed by atoms with Crippen LogP contribution in [0.3, 0.4) is 0 Å². The van der Waals surface area contributed by atoms with E-state index in [-0.39, 0.29) is 17.9 Å². The Morgan fingerprint density at radius 1 is 1.07 bits per heavy atom. The molecule has 2 aromatic carbocycles. The highest BCUT2D eigenvalue weighted by Crippen LogP contribution is 2.26. The summed E-state index contributed by atoms with van der Waals surface area (Å²) in [7, 11) is 0. The average molecular weight is 377 g/mol. The number of amides is 1. The number of aromatic nitrogens is 2. The van der Waals surface area contributed by atoms with Gasteiger partial charge in [-0.2, -0.15) is 0 Å². The van der Waals surface area contributed by atoms with Gasteiger partial charge in [-0.3, -0.25) is 14.2 Å². The summed E-state index contributed by atoms with van der Waals surface area (Å²) >= 11 is 0. The Hall–Kier alpha value is -3.15. The lowest BCUT2D eigenvalue weighted by molar-refractivity contribution is -0.141. The van der Waals surface area contributed by atoms with Crippen molar-refractivity contribution in [1.82, 2.24) is 14.9 Å². The number of nitrogens with zero attached hydrogens (tertiary/aromatic N) is 2. The zero-order valence-electron chi connectivity index (χ0n) is 15.5. The number of rotatable bonds is 6. The highest BCUT2D eigenvalue weighted by atomic mass is 16.4. The first-order chi connectivity index (χ1) is 13.6. The molecule has 1 amide bonds. The summed E-state index contributed by atoms with van der Waals surface area (Å²) in [4.78, 5) is 28.2. The minimum atomic E-state index is -0.770. The van der Waals surface area contributed by atoms with E-state index in [2.05, 4.69) is 9.88 Å². The fraction of sp³-hybridized carbons (Fsp3) is 0.318. The molecule has 0 aliphatic heterocycles. The van der Waals surface area contributed by atoms with E-state index in [1.165, 1.54) is 0 Å². The van der Waals surface area contributed by atoms with Gasteiger partial charge in [0.1, 0.15) is 5.82 Å². The number of carboxylic acids is 1. The van der Waals surface area contributed by atoms with Gasteiger partial charge < -0.3 is 10.4 Å². The lowest BCUT2D eigenvalue weighted by atomic mass is 10.1. The summed E-state index contributed by atoms with van der Waals surface area (Å²) in [5.41, 5.74) is 2.94. The molecule has 1 heterocycles. The molecule has 1 fully saturated rings. The Bertz CT molecular complexity index is 997. The van der Waals surface area contributed by atoms with Gasteiger partial charge in [0, 0.05) is 24.6 Å². The van der Waals surface area contributed by atoms with Crippen molar-refractivity contribution < 1.29 is 14.7 Å². The van der Waals surface area contributed by atoms with Crippen molar-refractivity contribution in [3.63, 3.8) is 0 Å². The van der Waals surface area contributed by atoms with Gasteiger partial charge in [0.25, 0.3) is 0 Å². The van der Waals surface area contributed by atoms with Gasteiger partial charge in [-0.15, -0.1) is 0 Å². The Morgan fingerprint density at radius 2 is 1.82 bits per heavy atom. The maximum atomic E-state index is 12.4. The zero-order valence-corrected chi connectivity index (χ0v) is 15.5. The van der Waals surface area contributed by atoms with Crippen LogP contribution in [0.5, 0.6) is 0 Å². The number of para-hydroxylation sites is 3. The molecule has 144 valence electrons. The van der Waals surface area contributed by atoms with E-state index in [0.29, 0.717) is 25.7 Å². The normalized spacial score (nSPS) is 19.0. The van der Waals surface area contributed by atoms with Gasteiger partial charge in [0.2, 0.25) is 5.91 Å². The molecular formula is C22H23N3O3. The van der Waals surface area contributed by atoms with Crippen LogP contribution in [0.25, 0.3) is 16.7 Å². The molecule has 2 atom stereocenters. The van der Waals surface area contributed by atoms with E-state index in [1.54, 1.807) is 0 Å². The second-order valence-corrected chi connectivity index (χ2v) is 7.30. The van der Waals surface area contributed by atoms with Gasteiger partial charge in [-0.05, 0) is 43.5 Å². The number of imidazole rings is 1. The fourth-order valence-corrected chi connectivity index (χ4v) is 3.97. The highest BCUT2D eigenvalue weighted by Gasteiger charge is 2.30. The summed E-state index contributed by atoms with van der Waals surface area (Å²) in [6, 6.07) is 17.9. The van der Waals surface area contributed by atoms with Crippen LogP contribution in [0.2, 0.25) is 0 Å². The molecule has 6 heteroatoms. The van der Waals surface area contributed by atoms with Gasteiger partial charge in [0.15, 0.2) is 0 Å². The first kappa shape index (κ1) is 18.2. The standard InChI is InChI=1S/C22H23N3O3/c26-21(23-16-11-10-15(14-16)22(27)28)13-12-20-24-18-8-4-5-9-19(18)25(20)17-6-2-1-3-7-17/h1-9,15-16H,10-14H2,(H,23,26)(H,27,28)/t15-,16+/m1/s1. The second kappa shape index (κ2) is 7.84. The van der Waals surface area contributed by atoms with Gasteiger partial charge in [0.05, 0.1) is 17.0 Å². The molecule has 28 heavy (non-hydrogen) atoms. The van der Waals surface area contributed by atoms with E-state index in [4.69, 9.17) is 10.1 Å². The van der Waals surface area contributed by atoms with Crippen molar-refractivity contribution in [2.45, 2.75) is 38.1 Å². The minimum absolute atomic E-state index is 0.0402. The molecule has 0 radical (unpaired) electrons. The van der Waals surface area contributed by atoms with Gasteiger partial charge in [-0.25, -0.2) is 4.98 Å². The number of fused-ring (bicyclic) bond motifs is 1. The van der Waals surface area contributed by atoms with Crippen LogP contribution in [0.15, 0.2) is 54.6 Å². The van der Waals surface area contributed by atoms with Crippen molar-refractivity contribution in [3.8, 4) is 5.69 Å². The Balaban J connectivity index is 1.48. The van der Waals surface area contributed by atoms with Crippen molar-refractivity contribution in [2.24, 2.45) is 5.92 Å². The molecule has 1 aliphatic carbocycles. The third kappa shape index (κ3) is 3.76. The monoisotopic (exact) mass is 377 g/mol. The molecule has 1 saturated carbocycles. The Kier molecular flexibility index (Phi) is 5.10. The average Bonchev–Trinajstić information content (AvgIpc) is 3.31. The van der Waals surface area contributed by atoms with E-state index < -0.39 is 5.97 Å². The fourth-order valence-electron chi connectivity index (χ4n) is 3.97. The first-order valence-electron chi connectivity index (χ1n) is 9.66. The third-order valence-electron chi connectivity index (χ3n) is 5.37. The van der Waals surface area contributed by atoms with E-state index in [0.717, 1.165) is 29.0 Å². The predicted molar refractivity (Wildman–Crippen MR) is 106 cm³/mol. The summed E-state index contributed by atoms with van der Waals surface area (Å²) < 4.78 is 2.10. The van der Waals surface area contributed by atoms with Crippen molar-refractivity contribution in [1.29, 1.82) is 0 Å². The molecule has 1 aliphatic rings. The van der Waals surface area contributed by atoms with Crippen LogP contribution in [0, 0.1) is 5.92 Å². The Labute approximate surface area is 163 Å². The highest BCUT2D eigenvalue weighted by molar-refractivity contribution is 5.79. The number of carbonyl (C=O) groups excluding carboxylic acids is 1. The molecule has 0 unspecified atom stereocenters. The summed E-state index contributed by atoms with van der Waals surface area (Å²) in [5, 5.41) is 12.1. The molecular weight excluding hydrogens is 354 g/mol. The maximum Gasteiger partial charge on any atom is 0.306 e. The topological polar surface area (TPSA) is 84.2 Å². The van der Waals surface area contributed by atoms with Crippen LogP contribution in [-0.4, -0.2) is 32.6 Å². The molecule has 1 aromatic heterocycles. The minimum Gasteiger partial charge on any atom is -0.481 e. The maximum absolute atomic E-state index is 12.4. The lowest BCUT2D eigenvalue weighted by Crippen LogP contribution is -2.33. The number of benzene rings is 2. The number of carboxylic acid groups (broad SMARTS) is 1. The number of hydrogen-bond acceptors (Lipinski definition) is 3. The van der Waals surface area contributed by atoms with Crippen LogP contribution in [0.4, 0.5) is 0 Å². The lowest BCUT2D eigenvalue weighted by Gasteiger charge is -2.13. The van der Waals surface area contributed by atoms with Gasteiger partial charge >= 0.3 is 5.97 Å². The zero-order chi connectivity index (χ0) is 19.5. The van der Waals surface area contributed by atoms with E-state index in [1.807, 2.05) is 54.6 Å². The van der Waals surface area contributed by atoms with E-state index >= 15 is 0 Å². The van der Waals surface area contributed by atoms with Crippen LogP contribution >= 0.6 is 0 Å². The number of hydrogen-bond donors (Lipinski definition) is 2. The van der Waals surface area contributed by atoms with Gasteiger partial charge in [-0.1, -0.05) is 30.3 Å². The molecule has 0 bridgehead atoms. The number of aliphatic carboxylic acids is 1. The summed E-state index contributed by atoms with van der Waals surface area (Å²) in [6.07, 6.45) is 2.72. The SMILES string of the molecule is O=C(CCc1nc2ccccc2n1-c1ccccc1)N[C@H]1CC[C@@H](C(=O)O)C1. The van der Waals surface area contributed by atoms with Crippen LogP contribution in [0.1, 0.15) is 31.5 Å². The molecule has 0 saturated heterocycles. The molecule has 2 N–H and O–H groups in total. The number of aryl methyl sites for hydroxylation is 1. The third-order valence-corrected chi connectivity index (χ3v) is 5.37. The second-order valence-electron chi connectivity index (χ2n) is 7.30. The number of nitrogens with one attached hydrogen (secondary N) is 1. The smallest absolute Gasteiger partial charge is 0.306 e. The summed E-state index contributed by atoms with van der Waals surface area (Å²) in [5.74, 6) is -0.319. The number of carbonyl (C=O) groups is 2. The summed E-state index contributed by atoms with van der Waals surface area (Å²) in [6.45, 7) is 0. The van der Waals surface area contributed by atoms with E-state index in [9.17, 15) is 9.59 Å². The first-order valence-corrected chi connectivity index (χ1v) is 9.66. The quantitative estimate of drug-likeness (QED) is 0.690. The Morgan fingerprint density at radius 3 is 2.57 bits per heavy atom. The molecule has 3 aromatic rings. The van der Waals surface area contributed by atoms with Crippen LogP contribution in [-0.2, 0) is 16.0 Å². The van der Waals surface area contributed by atoms with Crippen molar-refractivity contribution in [2.75, 3.05) is 0 Å². The largest absolute Gasteiger partial charge is 0.481 e. The van der Waals surface area contributed by atoms with Crippen molar-refractivity contribution in [3.05, 3.63) is 60.4 Å².